The standard InChI is InChI=1S/C11H11N3O.C2H6/c1-7-3-9-11(12-4-7)14-5-8(2)13-10(14)6-15-9;1-2/h3-5H,6H2,1-2H3;1-2H3. The van der Waals surface area contributed by atoms with Crippen LogP contribution in [-0.4, -0.2) is 14.5 Å². The van der Waals surface area contributed by atoms with Crippen LogP contribution in [0.25, 0.3) is 5.82 Å². The number of fused-ring (bicyclic) bond motifs is 3. The molecule has 90 valence electrons. The average Bonchev–Trinajstić information content (AvgIpc) is 2.72. The second-order valence-corrected chi connectivity index (χ2v) is 3.79. The van der Waals surface area contributed by atoms with Crippen molar-refractivity contribution in [2.24, 2.45) is 0 Å². The van der Waals surface area contributed by atoms with Crippen LogP contribution in [0.5, 0.6) is 5.75 Å². The van der Waals surface area contributed by atoms with Crippen molar-refractivity contribution in [2.75, 3.05) is 0 Å². The fourth-order valence-electron chi connectivity index (χ4n) is 1.80. The van der Waals surface area contributed by atoms with E-state index < -0.39 is 0 Å². The lowest BCUT2D eigenvalue weighted by atomic mass is 10.3. The summed E-state index contributed by atoms with van der Waals surface area (Å²) in [5.41, 5.74) is 2.10. The van der Waals surface area contributed by atoms with Crippen molar-refractivity contribution >= 4 is 0 Å². The minimum atomic E-state index is 0.520. The number of aromatic nitrogens is 3. The first kappa shape index (κ1) is 11.6. The Labute approximate surface area is 101 Å². The SMILES string of the molecule is CC.Cc1cnc2c(c1)OCc1nc(C)cn1-2. The molecule has 3 heterocycles. The zero-order chi connectivity index (χ0) is 12.4. The molecule has 0 saturated heterocycles. The molecule has 0 spiro atoms. The highest BCUT2D eigenvalue weighted by molar-refractivity contribution is 5.45. The van der Waals surface area contributed by atoms with Crippen molar-refractivity contribution < 1.29 is 4.74 Å². The first-order chi connectivity index (χ1) is 8.24. The van der Waals surface area contributed by atoms with E-state index >= 15 is 0 Å². The van der Waals surface area contributed by atoms with Crippen LogP contribution >= 0.6 is 0 Å². The molecule has 0 N–H and O–H groups in total. The molecule has 0 aromatic carbocycles. The van der Waals surface area contributed by atoms with E-state index in [1.165, 1.54) is 0 Å². The molecule has 1 aliphatic heterocycles. The van der Waals surface area contributed by atoms with Gasteiger partial charge in [0, 0.05) is 12.4 Å². The van der Waals surface area contributed by atoms with Crippen molar-refractivity contribution in [3.8, 4) is 11.6 Å². The molecule has 2 aromatic heterocycles. The van der Waals surface area contributed by atoms with E-state index in [0.29, 0.717) is 6.61 Å². The summed E-state index contributed by atoms with van der Waals surface area (Å²) < 4.78 is 7.59. The summed E-state index contributed by atoms with van der Waals surface area (Å²) in [6, 6.07) is 2.00. The molecule has 3 rings (SSSR count). The lowest BCUT2D eigenvalue weighted by Crippen LogP contribution is -2.14. The van der Waals surface area contributed by atoms with Crippen molar-refractivity contribution in [1.82, 2.24) is 14.5 Å². The van der Waals surface area contributed by atoms with E-state index in [2.05, 4.69) is 9.97 Å². The lowest BCUT2D eigenvalue weighted by Gasteiger charge is -2.18. The molecule has 0 radical (unpaired) electrons. The van der Waals surface area contributed by atoms with Crippen LogP contribution in [0.2, 0.25) is 0 Å². The Morgan fingerprint density at radius 1 is 1.29 bits per heavy atom. The van der Waals surface area contributed by atoms with E-state index in [1.54, 1.807) is 0 Å². The van der Waals surface area contributed by atoms with Crippen molar-refractivity contribution in [2.45, 2.75) is 34.3 Å². The van der Waals surface area contributed by atoms with Crippen molar-refractivity contribution in [3.05, 3.63) is 35.5 Å². The zero-order valence-corrected chi connectivity index (χ0v) is 10.7. The van der Waals surface area contributed by atoms with Crippen LogP contribution in [0, 0.1) is 13.8 Å². The second kappa shape index (κ2) is 4.57. The fourth-order valence-corrected chi connectivity index (χ4v) is 1.80. The molecule has 0 aliphatic carbocycles. The molecule has 1 aliphatic rings. The molecule has 0 saturated carbocycles. The number of pyridine rings is 1. The van der Waals surface area contributed by atoms with Gasteiger partial charge in [-0.25, -0.2) is 9.97 Å². The van der Waals surface area contributed by atoms with Gasteiger partial charge in [-0.05, 0) is 25.5 Å². The zero-order valence-electron chi connectivity index (χ0n) is 10.7. The van der Waals surface area contributed by atoms with E-state index in [9.17, 15) is 0 Å². The maximum absolute atomic E-state index is 5.60. The number of hydrogen-bond donors (Lipinski definition) is 0. The third-order valence-corrected chi connectivity index (χ3v) is 2.45. The highest BCUT2D eigenvalue weighted by Crippen LogP contribution is 2.28. The number of hydrogen-bond acceptors (Lipinski definition) is 3. The number of nitrogens with zero attached hydrogens (tertiary/aromatic N) is 3. The van der Waals surface area contributed by atoms with E-state index in [0.717, 1.165) is 28.6 Å². The minimum Gasteiger partial charge on any atom is -0.482 e. The van der Waals surface area contributed by atoms with Crippen LogP contribution in [0.1, 0.15) is 30.9 Å². The van der Waals surface area contributed by atoms with Gasteiger partial charge in [-0.2, -0.15) is 0 Å². The first-order valence-corrected chi connectivity index (χ1v) is 5.89. The van der Waals surface area contributed by atoms with Gasteiger partial charge in [-0.3, -0.25) is 4.57 Å². The van der Waals surface area contributed by atoms with Gasteiger partial charge in [-0.1, -0.05) is 13.8 Å². The van der Waals surface area contributed by atoms with Crippen molar-refractivity contribution in [1.29, 1.82) is 0 Å². The maximum Gasteiger partial charge on any atom is 0.181 e. The Bertz CT molecular complexity index is 531. The van der Waals surface area contributed by atoms with Gasteiger partial charge in [0.15, 0.2) is 17.4 Å². The molecule has 0 unspecified atom stereocenters. The Balaban J connectivity index is 0.000000514. The van der Waals surface area contributed by atoms with Crippen LogP contribution in [-0.2, 0) is 6.61 Å². The Morgan fingerprint density at radius 2 is 2.06 bits per heavy atom. The third kappa shape index (κ3) is 2.02. The monoisotopic (exact) mass is 231 g/mol. The molecular weight excluding hydrogens is 214 g/mol. The number of ether oxygens (including phenoxy) is 1. The second-order valence-electron chi connectivity index (χ2n) is 3.79. The van der Waals surface area contributed by atoms with Crippen molar-refractivity contribution in [3.63, 3.8) is 0 Å². The quantitative estimate of drug-likeness (QED) is 0.700. The Kier molecular flexibility index (Phi) is 3.13. The minimum absolute atomic E-state index is 0.520. The normalized spacial score (nSPS) is 11.8. The summed E-state index contributed by atoms with van der Waals surface area (Å²) in [6.45, 7) is 8.50. The van der Waals surface area contributed by atoms with Gasteiger partial charge in [0.1, 0.15) is 6.61 Å². The van der Waals surface area contributed by atoms with Gasteiger partial charge in [0.2, 0.25) is 0 Å². The van der Waals surface area contributed by atoms with Gasteiger partial charge >= 0.3 is 0 Å². The predicted molar refractivity (Wildman–Crippen MR) is 66.5 cm³/mol. The van der Waals surface area contributed by atoms with Gasteiger partial charge in [0.25, 0.3) is 0 Å². The summed E-state index contributed by atoms with van der Waals surface area (Å²) in [5, 5.41) is 0. The Hall–Kier alpha value is -1.84. The highest BCUT2D eigenvalue weighted by atomic mass is 16.5. The van der Waals surface area contributed by atoms with Crippen LogP contribution < -0.4 is 4.74 Å². The number of aryl methyl sites for hydroxylation is 2. The first-order valence-electron chi connectivity index (χ1n) is 5.89. The van der Waals surface area contributed by atoms with Crippen LogP contribution in [0.4, 0.5) is 0 Å². The van der Waals surface area contributed by atoms with Gasteiger partial charge in [-0.15, -0.1) is 0 Å². The van der Waals surface area contributed by atoms with Gasteiger partial charge in [0.05, 0.1) is 5.69 Å². The molecule has 0 amide bonds. The smallest absolute Gasteiger partial charge is 0.181 e. The summed E-state index contributed by atoms with van der Waals surface area (Å²) in [5.74, 6) is 2.58. The molecule has 0 atom stereocenters. The predicted octanol–water partition coefficient (Wildman–Crippen LogP) is 2.80. The molecule has 2 aromatic rings. The lowest BCUT2D eigenvalue weighted by molar-refractivity contribution is 0.277. The largest absolute Gasteiger partial charge is 0.482 e. The molecule has 4 heteroatoms. The van der Waals surface area contributed by atoms with Crippen LogP contribution in [0.15, 0.2) is 18.5 Å². The average molecular weight is 231 g/mol. The fraction of sp³-hybridized carbons (Fsp3) is 0.385. The van der Waals surface area contributed by atoms with Crippen LogP contribution in [0.3, 0.4) is 0 Å². The molecular formula is C13H17N3O. The summed E-state index contributed by atoms with van der Waals surface area (Å²) in [4.78, 5) is 8.74. The van der Waals surface area contributed by atoms with E-state index in [4.69, 9.17) is 4.74 Å². The highest BCUT2D eigenvalue weighted by Gasteiger charge is 2.19. The Morgan fingerprint density at radius 3 is 2.82 bits per heavy atom. The van der Waals surface area contributed by atoms with E-state index in [-0.39, 0.29) is 0 Å². The number of rotatable bonds is 0. The maximum atomic E-state index is 5.60. The summed E-state index contributed by atoms with van der Waals surface area (Å²) in [7, 11) is 0. The summed E-state index contributed by atoms with van der Waals surface area (Å²) >= 11 is 0. The summed E-state index contributed by atoms with van der Waals surface area (Å²) in [6.07, 6.45) is 3.83. The van der Waals surface area contributed by atoms with E-state index in [1.807, 2.05) is 50.7 Å². The molecule has 17 heavy (non-hydrogen) atoms. The topological polar surface area (TPSA) is 39.9 Å². The molecule has 0 bridgehead atoms. The molecule has 4 nitrogen and oxygen atoms in total. The number of imidazole rings is 1. The van der Waals surface area contributed by atoms with Gasteiger partial charge < -0.3 is 4.74 Å². The third-order valence-electron chi connectivity index (χ3n) is 2.45. The molecule has 0 fully saturated rings.